The van der Waals surface area contributed by atoms with Gasteiger partial charge in [-0.2, -0.15) is 0 Å². The van der Waals surface area contributed by atoms with E-state index >= 15 is 0 Å². The molecule has 1 aliphatic rings. The summed E-state index contributed by atoms with van der Waals surface area (Å²) in [4.78, 5) is 13.8. The lowest BCUT2D eigenvalue weighted by atomic mass is 10.1. The monoisotopic (exact) mass is 340 g/mol. The maximum atomic E-state index is 12.2. The molecule has 2 rings (SSSR count). The molecule has 2 amide bonds. The van der Waals surface area contributed by atoms with Gasteiger partial charge in [-0.15, -0.1) is 0 Å². The predicted octanol–water partition coefficient (Wildman–Crippen LogP) is 1.46. The first-order valence-electron chi connectivity index (χ1n) is 7.88. The molecule has 0 unspecified atom stereocenters. The minimum Gasteiger partial charge on any atom is -0.494 e. The van der Waals surface area contributed by atoms with Crippen molar-refractivity contribution in [1.29, 1.82) is 0 Å². The second kappa shape index (κ2) is 7.68. The maximum absolute atomic E-state index is 12.2. The number of rotatable bonds is 5. The summed E-state index contributed by atoms with van der Waals surface area (Å²) in [6, 6.07) is 7.31. The summed E-state index contributed by atoms with van der Waals surface area (Å²) in [5, 5.41) is 2.86. The van der Waals surface area contributed by atoms with Crippen LogP contribution >= 0.6 is 0 Å². The minimum atomic E-state index is -3.01. The van der Waals surface area contributed by atoms with Crippen molar-refractivity contribution in [2.24, 2.45) is 0 Å². The summed E-state index contributed by atoms with van der Waals surface area (Å²) >= 11 is 0. The third kappa shape index (κ3) is 5.13. The quantitative estimate of drug-likeness (QED) is 0.880. The molecule has 1 heterocycles. The van der Waals surface area contributed by atoms with Crippen LogP contribution < -0.4 is 10.1 Å². The van der Waals surface area contributed by atoms with Gasteiger partial charge in [0.05, 0.1) is 18.1 Å². The lowest BCUT2D eigenvalue weighted by Crippen LogP contribution is -2.53. The van der Waals surface area contributed by atoms with E-state index in [1.54, 1.807) is 11.8 Å². The Morgan fingerprint density at radius 3 is 2.91 bits per heavy atom. The lowest BCUT2D eigenvalue weighted by molar-refractivity contribution is 0.185. The van der Waals surface area contributed by atoms with E-state index in [-0.39, 0.29) is 30.1 Å². The highest BCUT2D eigenvalue weighted by atomic mass is 32.2. The van der Waals surface area contributed by atoms with Crippen LogP contribution in [0.3, 0.4) is 0 Å². The Morgan fingerprint density at radius 1 is 1.43 bits per heavy atom. The Balaban J connectivity index is 1.82. The van der Waals surface area contributed by atoms with Gasteiger partial charge < -0.3 is 15.0 Å². The largest absolute Gasteiger partial charge is 0.494 e. The van der Waals surface area contributed by atoms with E-state index in [0.717, 1.165) is 11.3 Å². The minimum absolute atomic E-state index is 0.0385. The van der Waals surface area contributed by atoms with Crippen molar-refractivity contribution in [3.05, 3.63) is 29.8 Å². The Kier molecular flexibility index (Phi) is 5.87. The number of sulfone groups is 1. The number of carbonyl (C=O) groups excluding carboxylic acids is 1. The highest BCUT2D eigenvalue weighted by Gasteiger charge is 2.30. The number of hydrogen-bond acceptors (Lipinski definition) is 4. The highest BCUT2D eigenvalue weighted by molar-refractivity contribution is 7.91. The molecule has 6 nitrogen and oxygen atoms in total. The van der Waals surface area contributed by atoms with E-state index in [2.05, 4.69) is 5.32 Å². The summed E-state index contributed by atoms with van der Waals surface area (Å²) < 4.78 is 28.5. The van der Waals surface area contributed by atoms with Gasteiger partial charge in [0.1, 0.15) is 5.75 Å². The van der Waals surface area contributed by atoms with Gasteiger partial charge in [-0.05, 0) is 38.0 Å². The van der Waals surface area contributed by atoms with E-state index in [4.69, 9.17) is 4.74 Å². The average molecular weight is 340 g/mol. The maximum Gasteiger partial charge on any atom is 0.317 e. The van der Waals surface area contributed by atoms with Gasteiger partial charge in [-0.1, -0.05) is 12.1 Å². The van der Waals surface area contributed by atoms with Crippen molar-refractivity contribution in [2.75, 3.05) is 31.2 Å². The van der Waals surface area contributed by atoms with E-state index in [1.165, 1.54) is 0 Å². The molecule has 0 bridgehead atoms. The average Bonchev–Trinajstić information content (AvgIpc) is 2.47. The number of nitrogens with one attached hydrogen (secondary N) is 1. The van der Waals surface area contributed by atoms with Crippen LogP contribution in [0.15, 0.2) is 24.3 Å². The number of carbonyl (C=O) groups is 1. The van der Waals surface area contributed by atoms with E-state index in [0.29, 0.717) is 19.6 Å². The predicted molar refractivity (Wildman–Crippen MR) is 89.5 cm³/mol. The van der Waals surface area contributed by atoms with Crippen LogP contribution in [-0.2, 0) is 16.3 Å². The van der Waals surface area contributed by atoms with Gasteiger partial charge in [0.15, 0.2) is 9.84 Å². The number of amides is 2. The highest BCUT2D eigenvalue weighted by Crippen LogP contribution is 2.14. The Hall–Kier alpha value is -1.76. The normalized spacial score (nSPS) is 20.1. The third-order valence-corrected chi connectivity index (χ3v) is 5.63. The van der Waals surface area contributed by atoms with Crippen molar-refractivity contribution in [1.82, 2.24) is 10.2 Å². The van der Waals surface area contributed by atoms with Gasteiger partial charge in [-0.3, -0.25) is 0 Å². The molecule has 128 valence electrons. The second-order valence-electron chi connectivity index (χ2n) is 5.72. The summed E-state index contributed by atoms with van der Waals surface area (Å²) in [6.45, 7) is 5.09. The van der Waals surface area contributed by atoms with Crippen molar-refractivity contribution < 1.29 is 17.9 Å². The standard InChI is InChI=1S/C16H24N2O4S/c1-3-22-15-6-4-5-14(11-15)7-8-17-16(19)18-9-10-23(20,21)12-13(18)2/h4-6,11,13H,3,7-10,12H2,1-2H3,(H,17,19)/t13-/m0/s1. The van der Waals surface area contributed by atoms with Gasteiger partial charge in [0, 0.05) is 19.1 Å². The van der Waals surface area contributed by atoms with Gasteiger partial charge >= 0.3 is 6.03 Å². The fraction of sp³-hybridized carbons (Fsp3) is 0.562. The zero-order chi connectivity index (χ0) is 16.9. The zero-order valence-electron chi connectivity index (χ0n) is 13.6. The molecular formula is C16H24N2O4S. The summed E-state index contributed by atoms with van der Waals surface area (Å²) in [6.07, 6.45) is 0.702. The molecule has 0 saturated carbocycles. The van der Waals surface area contributed by atoms with E-state index < -0.39 is 9.84 Å². The molecule has 0 spiro atoms. The van der Waals surface area contributed by atoms with Gasteiger partial charge in [-0.25, -0.2) is 13.2 Å². The van der Waals surface area contributed by atoms with Crippen LogP contribution in [0.1, 0.15) is 19.4 Å². The van der Waals surface area contributed by atoms with Crippen LogP contribution in [0.5, 0.6) is 5.75 Å². The SMILES string of the molecule is CCOc1cccc(CCNC(=O)N2CCS(=O)(=O)C[C@@H]2C)c1. The van der Waals surface area contributed by atoms with Crippen molar-refractivity contribution in [2.45, 2.75) is 26.3 Å². The van der Waals surface area contributed by atoms with Gasteiger partial charge in [0.2, 0.25) is 0 Å². The summed E-state index contributed by atoms with van der Waals surface area (Å²) in [7, 11) is -3.01. The molecule has 23 heavy (non-hydrogen) atoms. The number of hydrogen-bond donors (Lipinski definition) is 1. The van der Waals surface area contributed by atoms with Crippen LogP contribution in [0, 0.1) is 0 Å². The lowest BCUT2D eigenvalue weighted by Gasteiger charge is -2.33. The second-order valence-corrected chi connectivity index (χ2v) is 7.95. The number of benzene rings is 1. The number of ether oxygens (including phenoxy) is 1. The first kappa shape index (κ1) is 17.6. The molecule has 7 heteroatoms. The Labute approximate surface area is 137 Å². The van der Waals surface area contributed by atoms with Gasteiger partial charge in [0.25, 0.3) is 0 Å². The Morgan fingerprint density at radius 2 is 2.22 bits per heavy atom. The summed E-state index contributed by atoms with van der Waals surface area (Å²) in [5.41, 5.74) is 1.09. The molecule has 1 aromatic carbocycles. The molecule has 1 fully saturated rings. The first-order chi connectivity index (χ1) is 10.9. The van der Waals surface area contributed by atoms with Crippen LogP contribution in [0.4, 0.5) is 4.79 Å². The smallest absolute Gasteiger partial charge is 0.317 e. The summed E-state index contributed by atoms with van der Waals surface area (Å²) in [5.74, 6) is 0.907. The molecule has 0 aliphatic carbocycles. The van der Waals surface area contributed by atoms with Crippen molar-refractivity contribution in [3.8, 4) is 5.75 Å². The fourth-order valence-electron chi connectivity index (χ4n) is 2.67. The molecule has 0 aromatic heterocycles. The van der Waals surface area contributed by atoms with Crippen LogP contribution in [-0.4, -0.2) is 56.6 Å². The first-order valence-corrected chi connectivity index (χ1v) is 9.70. The fourth-order valence-corrected chi connectivity index (χ4v) is 4.23. The Bertz CT molecular complexity index is 645. The molecule has 0 radical (unpaired) electrons. The molecule has 1 aromatic rings. The van der Waals surface area contributed by atoms with Crippen molar-refractivity contribution in [3.63, 3.8) is 0 Å². The topological polar surface area (TPSA) is 75.7 Å². The molecule has 1 aliphatic heterocycles. The molecule has 1 N–H and O–H groups in total. The van der Waals surface area contributed by atoms with Crippen molar-refractivity contribution >= 4 is 15.9 Å². The van der Waals surface area contributed by atoms with Crippen LogP contribution in [0.2, 0.25) is 0 Å². The molecular weight excluding hydrogens is 316 g/mol. The number of nitrogens with zero attached hydrogens (tertiary/aromatic N) is 1. The number of urea groups is 1. The van der Waals surface area contributed by atoms with E-state index in [1.807, 2.05) is 31.2 Å². The third-order valence-electron chi connectivity index (χ3n) is 3.83. The van der Waals surface area contributed by atoms with E-state index in [9.17, 15) is 13.2 Å². The van der Waals surface area contributed by atoms with Crippen LogP contribution in [0.25, 0.3) is 0 Å². The molecule has 1 atom stereocenters. The molecule has 1 saturated heterocycles. The zero-order valence-corrected chi connectivity index (χ0v) is 14.4.